The highest BCUT2D eigenvalue weighted by Crippen LogP contribution is 2.36. The third-order valence-corrected chi connectivity index (χ3v) is 2.85. The first-order valence-electron chi connectivity index (χ1n) is 4.92. The third kappa shape index (κ3) is 3.42. The lowest BCUT2D eigenvalue weighted by Crippen LogP contribution is -2.24. The van der Waals surface area contributed by atoms with E-state index in [-0.39, 0.29) is 0 Å². The molecule has 0 aliphatic heterocycles. The van der Waals surface area contributed by atoms with Gasteiger partial charge < -0.3 is 0 Å². The molecule has 0 aromatic rings. The van der Waals surface area contributed by atoms with E-state index in [9.17, 15) is 0 Å². The number of allylic oxidation sites excluding steroid dienone is 1. The minimum atomic E-state index is 0.403. The van der Waals surface area contributed by atoms with Crippen LogP contribution in [0.15, 0.2) is 12.2 Å². The van der Waals surface area contributed by atoms with Gasteiger partial charge in [0.2, 0.25) is 0 Å². The van der Waals surface area contributed by atoms with E-state index < -0.39 is 0 Å². The first-order valence-corrected chi connectivity index (χ1v) is 4.92. The van der Waals surface area contributed by atoms with Crippen LogP contribution in [0.4, 0.5) is 0 Å². The Kier molecular flexibility index (Phi) is 4.02. The van der Waals surface area contributed by atoms with Crippen LogP contribution < -0.4 is 0 Å². The van der Waals surface area contributed by atoms with Crippen molar-refractivity contribution >= 4 is 0 Å². The average Bonchev–Trinajstić information content (AvgIpc) is 1.82. The summed E-state index contributed by atoms with van der Waals surface area (Å²) in [7, 11) is 0. The van der Waals surface area contributed by atoms with E-state index in [4.69, 9.17) is 0 Å². The predicted molar refractivity (Wildman–Crippen MR) is 57.2 cm³/mol. The van der Waals surface area contributed by atoms with Crippen LogP contribution in [0.3, 0.4) is 0 Å². The maximum Gasteiger partial charge on any atom is -0.0186 e. The Balaban J connectivity index is 4.28. The van der Waals surface area contributed by atoms with E-state index in [0.717, 1.165) is 5.92 Å². The molecule has 0 nitrogen and oxygen atoms in total. The van der Waals surface area contributed by atoms with E-state index in [1.807, 2.05) is 0 Å². The van der Waals surface area contributed by atoms with Crippen LogP contribution in [-0.2, 0) is 0 Å². The van der Waals surface area contributed by atoms with Crippen molar-refractivity contribution in [2.45, 2.75) is 48.0 Å². The lowest BCUT2D eigenvalue weighted by molar-refractivity contribution is 0.212. The SMILES string of the molecule is C=C(C)C(C)C(C)(C)CC(C)C. The van der Waals surface area contributed by atoms with Crippen molar-refractivity contribution in [3.05, 3.63) is 12.2 Å². The molecule has 0 saturated heterocycles. The summed E-state index contributed by atoms with van der Waals surface area (Å²) < 4.78 is 0. The summed E-state index contributed by atoms with van der Waals surface area (Å²) in [5, 5.41) is 0. The minimum absolute atomic E-state index is 0.403. The monoisotopic (exact) mass is 168 g/mol. The molecular formula is C12H24. The fourth-order valence-corrected chi connectivity index (χ4v) is 1.90. The molecule has 1 atom stereocenters. The summed E-state index contributed by atoms with van der Waals surface area (Å²) >= 11 is 0. The highest BCUT2D eigenvalue weighted by molar-refractivity contribution is 5.00. The van der Waals surface area contributed by atoms with Crippen LogP contribution in [-0.4, -0.2) is 0 Å². The molecule has 0 radical (unpaired) electrons. The van der Waals surface area contributed by atoms with Gasteiger partial charge in [-0.3, -0.25) is 0 Å². The second kappa shape index (κ2) is 4.11. The van der Waals surface area contributed by atoms with Crippen molar-refractivity contribution in [2.75, 3.05) is 0 Å². The summed E-state index contributed by atoms with van der Waals surface area (Å²) in [5.74, 6) is 1.40. The summed E-state index contributed by atoms with van der Waals surface area (Å²) in [4.78, 5) is 0. The Bertz CT molecular complexity index is 151. The van der Waals surface area contributed by atoms with Gasteiger partial charge in [-0.05, 0) is 30.6 Å². The van der Waals surface area contributed by atoms with Crippen molar-refractivity contribution in [1.82, 2.24) is 0 Å². The molecular weight excluding hydrogens is 144 g/mol. The molecule has 0 aromatic carbocycles. The molecule has 0 saturated carbocycles. The normalized spacial score (nSPS) is 14.9. The molecule has 0 heteroatoms. The van der Waals surface area contributed by atoms with E-state index in [0.29, 0.717) is 11.3 Å². The Morgan fingerprint density at radius 3 is 1.92 bits per heavy atom. The quantitative estimate of drug-likeness (QED) is 0.550. The van der Waals surface area contributed by atoms with Gasteiger partial charge in [-0.15, -0.1) is 0 Å². The standard InChI is InChI=1S/C12H24/c1-9(2)8-12(6,7)11(5)10(3)4/h9,11H,3,8H2,1-2,4-7H3. The first kappa shape index (κ1) is 11.7. The fourth-order valence-electron chi connectivity index (χ4n) is 1.90. The Morgan fingerprint density at radius 2 is 1.67 bits per heavy atom. The second-order valence-corrected chi connectivity index (χ2v) is 5.15. The molecule has 0 amide bonds. The van der Waals surface area contributed by atoms with Gasteiger partial charge in [-0.25, -0.2) is 0 Å². The zero-order valence-corrected chi connectivity index (χ0v) is 9.57. The lowest BCUT2D eigenvalue weighted by atomic mass is 9.72. The Labute approximate surface area is 78.1 Å². The molecule has 0 aliphatic carbocycles. The topological polar surface area (TPSA) is 0 Å². The Morgan fingerprint density at radius 1 is 1.25 bits per heavy atom. The number of hydrogen-bond donors (Lipinski definition) is 0. The summed E-state index contributed by atoms with van der Waals surface area (Å²) in [5.41, 5.74) is 1.71. The molecule has 0 bridgehead atoms. The molecule has 0 aromatic heterocycles. The van der Waals surface area contributed by atoms with Gasteiger partial charge in [0.05, 0.1) is 0 Å². The van der Waals surface area contributed by atoms with Crippen LogP contribution in [0.2, 0.25) is 0 Å². The maximum atomic E-state index is 4.03. The van der Waals surface area contributed by atoms with Crippen LogP contribution in [0.1, 0.15) is 48.0 Å². The van der Waals surface area contributed by atoms with Crippen molar-refractivity contribution in [2.24, 2.45) is 17.3 Å². The maximum absolute atomic E-state index is 4.03. The summed E-state index contributed by atoms with van der Waals surface area (Å²) in [6.45, 7) is 17.7. The van der Waals surface area contributed by atoms with Gasteiger partial charge in [0.25, 0.3) is 0 Å². The predicted octanol–water partition coefficient (Wildman–Crippen LogP) is 4.27. The number of rotatable bonds is 4. The minimum Gasteiger partial charge on any atom is -0.0999 e. The molecule has 0 heterocycles. The van der Waals surface area contributed by atoms with Crippen LogP contribution in [0.5, 0.6) is 0 Å². The first-order chi connectivity index (χ1) is 5.27. The van der Waals surface area contributed by atoms with Gasteiger partial charge in [0.1, 0.15) is 0 Å². The van der Waals surface area contributed by atoms with Gasteiger partial charge in [0.15, 0.2) is 0 Å². The molecule has 1 unspecified atom stereocenters. The molecule has 0 N–H and O–H groups in total. The van der Waals surface area contributed by atoms with Crippen molar-refractivity contribution in [3.8, 4) is 0 Å². The molecule has 0 aliphatic rings. The highest BCUT2D eigenvalue weighted by Gasteiger charge is 2.26. The molecule has 0 rings (SSSR count). The highest BCUT2D eigenvalue weighted by atomic mass is 14.3. The van der Waals surface area contributed by atoms with Crippen LogP contribution in [0, 0.1) is 17.3 Å². The van der Waals surface area contributed by atoms with Crippen molar-refractivity contribution in [3.63, 3.8) is 0 Å². The fraction of sp³-hybridized carbons (Fsp3) is 0.833. The van der Waals surface area contributed by atoms with Gasteiger partial charge in [-0.2, -0.15) is 0 Å². The van der Waals surface area contributed by atoms with Gasteiger partial charge in [0, 0.05) is 0 Å². The largest absolute Gasteiger partial charge is 0.0999 e. The Hall–Kier alpha value is -0.260. The van der Waals surface area contributed by atoms with E-state index in [1.54, 1.807) is 0 Å². The molecule has 0 fully saturated rings. The zero-order chi connectivity index (χ0) is 9.94. The third-order valence-electron chi connectivity index (χ3n) is 2.85. The molecule has 12 heavy (non-hydrogen) atoms. The second-order valence-electron chi connectivity index (χ2n) is 5.15. The molecule has 0 spiro atoms. The van der Waals surface area contributed by atoms with E-state index >= 15 is 0 Å². The zero-order valence-electron chi connectivity index (χ0n) is 9.57. The van der Waals surface area contributed by atoms with Crippen LogP contribution >= 0.6 is 0 Å². The molecule has 72 valence electrons. The van der Waals surface area contributed by atoms with Gasteiger partial charge >= 0.3 is 0 Å². The summed E-state index contributed by atoms with van der Waals surface area (Å²) in [6, 6.07) is 0. The average molecular weight is 168 g/mol. The van der Waals surface area contributed by atoms with Crippen molar-refractivity contribution < 1.29 is 0 Å². The van der Waals surface area contributed by atoms with Crippen molar-refractivity contribution in [1.29, 1.82) is 0 Å². The van der Waals surface area contributed by atoms with E-state index in [1.165, 1.54) is 12.0 Å². The van der Waals surface area contributed by atoms with E-state index in [2.05, 4.69) is 48.1 Å². The number of hydrogen-bond acceptors (Lipinski definition) is 0. The van der Waals surface area contributed by atoms with Crippen LogP contribution in [0.25, 0.3) is 0 Å². The summed E-state index contributed by atoms with van der Waals surface area (Å²) in [6.07, 6.45) is 1.28. The lowest BCUT2D eigenvalue weighted by Gasteiger charge is -2.34. The van der Waals surface area contributed by atoms with Gasteiger partial charge in [-0.1, -0.05) is 46.8 Å². The smallest absolute Gasteiger partial charge is 0.0186 e.